The molecule has 3 rings (SSSR count). The monoisotopic (exact) mass is 348 g/mol. The van der Waals surface area contributed by atoms with Crippen LogP contribution in [0.5, 0.6) is 11.5 Å². The molecule has 6 nitrogen and oxygen atoms in total. The van der Waals surface area contributed by atoms with Gasteiger partial charge in [0.15, 0.2) is 17.2 Å². The van der Waals surface area contributed by atoms with Crippen molar-refractivity contribution in [3.63, 3.8) is 0 Å². The molecule has 1 aromatic heterocycles. The number of aromatic carboxylic acids is 1. The Hall–Kier alpha value is -2.12. The number of carboxylic acids is 1. The van der Waals surface area contributed by atoms with Crippen molar-refractivity contribution in [3.8, 4) is 22.1 Å². The minimum Gasteiger partial charge on any atom is -0.493 e. The average Bonchev–Trinajstić information content (AvgIpc) is 3.26. The van der Waals surface area contributed by atoms with E-state index in [1.165, 1.54) is 29.6 Å². The van der Waals surface area contributed by atoms with Crippen LogP contribution < -0.4 is 9.47 Å². The van der Waals surface area contributed by atoms with Crippen LogP contribution in [0.3, 0.4) is 0 Å². The van der Waals surface area contributed by atoms with Gasteiger partial charge < -0.3 is 14.6 Å². The van der Waals surface area contributed by atoms with Crippen LogP contribution >= 0.6 is 11.3 Å². The van der Waals surface area contributed by atoms with Crippen molar-refractivity contribution in [2.45, 2.75) is 12.8 Å². The summed E-state index contributed by atoms with van der Waals surface area (Å²) >= 11 is 1.30. The predicted octanol–water partition coefficient (Wildman–Crippen LogP) is 2.99. The van der Waals surface area contributed by atoms with E-state index in [0.717, 1.165) is 25.2 Å². The lowest BCUT2D eigenvalue weighted by molar-refractivity contribution is 0.0691. The Morgan fingerprint density at radius 3 is 2.79 bits per heavy atom. The molecule has 24 heavy (non-hydrogen) atoms. The zero-order valence-electron chi connectivity index (χ0n) is 13.5. The summed E-state index contributed by atoms with van der Waals surface area (Å²) in [6.07, 6.45) is 2.52. The van der Waals surface area contributed by atoms with Gasteiger partial charge in [0, 0.05) is 17.5 Å². The number of rotatable bonds is 7. The second-order valence-electron chi connectivity index (χ2n) is 5.61. The smallest absolute Gasteiger partial charge is 0.355 e. The van der Waals surface area contributed by atoms with E-state index in [1.54, 1.807) is 7.11 Å². The maximum absolute atomic E-state index is 11.0. The summed E-state index contributed by atoms with van der Waals surface area (Å²) in [4.78, 5) is 17.5. The summed E-state index contributed by atoms with van der Waals surface area (Å²) in [6, 6.07) is 5.53. The van der Waals surface area contributed by atoms with Crippen molar-refractivity contribution in [2.24, 2.45) is 0 Å². The molecule has 1 N–H and O–H groups in total. The van der Waals surface area contributed by atoms with Crippen molar-refractivity contribution in [1.29, 1.82) is 0 Å². The van der Waals surface area contributed by atoms with Crippen LogP contribution in [0.2, 0.25) is 0 Å². The fourth-order valence-corrected chi connectivity index (χ4v) is 3.51. The number of aromatic nitrogens is 1. The van der Waals surface area contributed by atoms with Crippen molar-refractivity contribution in [2.75, 3.05) is 33.4 Å². The third kappa shape index (κ3) is 3.85. The van der Waals surface area contributed by atoms with Gasteiger partial charge in [0.1, 0.15) is 11.6 Å². The number of ether oxygens (including phenoxy) is 2. The summed E-state index contributed by atoms with van der Waals surface area (Å²) in [5.74, 6) is 0.296. The second kappa shape index (κ2) is 7.63. The predicted molar refractivity (Wildman–Crippen MR) is 92.2 cm³/mol. The molecule has 0 amide bonds. The van der Waals surface area contributed by atoms with Gasteiger partial charge in [-0.15, -0.1) is 11.3 Å². The number of carbonyl (C=O) groups is 1. The van der Waals surface area contributed by atoms with E-state index >= 15 is 0 Å². The van der Waals surface area contributed by atoms with Crippen LogP contribution in [0.25, 0.3) is 10.6 Å². The fraction of sp³-hybridized carbons (Fsp3) is 0.412. The number of nitrogens with zero attached hydrogens (tertiary/aromatic N) is 2. The van der Waals surface area contributed by atoms with E-state index in [9.17, 15) is 4.79 Å². The van der Waals surface area contributed by atoms with Crippen LogP contribution in [0.4, 0.5) is 0 Å². The van der Waals surface area contributed by atoms with E-state index in [0.29, 0.717) is 23.1 Å². The van der Waals surface area contributed by atoms with Gasteiger partial charge >= 0.3 is 5.97 Å². The van der Waals surface area contributed by atoms with Gasteiger partial charge in [-0.1, -0.05) is 0 Å². The van der Waals surface area contributed by atoms with Crippen molar-refractivity contribution in [3.05, 3.63) is 29.3 Å². The molecule has 2 heterocycles. The van der Waals surface area contributed by atoms with Gasteiger partial charge in [-0.25, -0.2) is 9.78 Å². The summed E-state index contributed by atoms with van der Waals surface area (Å²) in [5, 5.41) is 11.2. The third-order valence-electron chi connectivity index (χ3n) is 4.00. The Morgan fingerprint density at radius 2 is 2.12 bits per heavy atom. The molecule has 0 aliphatic carbocycles. The van der Waals surface area contributed by atoms with Crippen molar-refractivity contribution in [1.82, 2.24) is 9.88 Å². The molecule has 0 radical (unpaired) electrons. The molecule has 0 spiro atoms. The van der Waals surface area contributed by atoms with E-state index in [-0.39, 0.29) is 5.69 Å². The van der Waals surface area contributed by atoms with Crippen LogP contribution in [0, 0.1) is 0 Å². The molecule has 1 aliphatic rings. The first kappa shape index (κ1) is 16.7. The molecule has 0 bridgehead atoms. The van der Waals surface area contributed by atoms with Crippen molar-refractivity contribution < 1.29 is 19.4 Å². The van der Waals surface area contributed by atoms with E-state index in [4.69, 9.17) is 14.6 Å². The Morgan fingerprint density at radius 1 is 1.33 bits per heavy atom. The van der Waals surface area contributed by atoms with Gasteiger partial charge in [0.2, 0.25) is 0 Å². The van der Waals surface area contributed by atoms with Crippen molar-refractivity contribution >= 4 is 17.3 Å². The quantitative estimate of drug-likeness (QED) is 0.829. The first-order chi connectivity index (χ1) is 11.7. The lowest BCUT2D eigenvalue weighted by Crippen LogP contribution is -2.25. The normalized spacial score (nSPS) is 14.7. The number of benzene rings is 1. The highest BCUT2D eigenvalue weighted by molar-refractivity contribution is 7.13. The molecule has 1 aromatic carbocycles. The maximum Gasteiger partial charge on any atom is 0.355 e. The van der Waals surface area contributed by atoms with Gasteiger partial charge in [0.25, 0.3) is 0 Å². The van der Waals surface area contributed by atoms with E-state index in [2.05, 4.69) is 9.88 Å². The minimum absolute atomic E-state index is 0.0577. The molecular weight excluding hydrogens is 328 g/mol. The number of hydrogen-bond donors (Lipinski definition) is 1. The first-order valence-electron chi connectivity index (χ1n) is 7.90. The molecule has 1 aliphatic heterocycles. The largest absolute Gasteiger partial charge is 0.493 e. The average molecular weight is 348 g/mol. The fourth-order valence-electron chi connectivity index (χ4n) is 2.72. The maximum atomic E-state index is 11.0. The first-order valence-corrected chi connectivity index (χ1v) is 8.77. The summed E-state index contributed by atoms with van der Waals surface area (Å²) in [6.45, 7) is 3.76. The SMILES string of the molecule is COc1ccc(-c2nc(C(=O)O)cs2)cc1OCCN1CCCC1. The number of carboxylic acid groups (broad SMARTS) is 1. The topological polar surface area (TPSA) is 71.9 Å². The van der Waals surface area contributed by atoms with Gasteiger partial charge in [-0.3, -0.25) is 4.90 Å². The molecule has 0 unspecified atom stereocenters. The van der Waals surface area contributed by atoms with Crippen LogP contribution in [0.1, 0.15) is 23.3 Å². The highest BCUT2D eigenvalue weighted by Crippen LogP contribution is 2.33. The Labute approximate surface area is 144 Å². The molecule has 1 saturated heterocycles. The number of methoxy groups -OCH3 is 1. The highest BCUT2D eigenvalue weighted by atomic mass is 32.1. The van der Waals surface area contributed by atoms with Crippen LogP contribution in [-0.2, 0) is 0 Å². The number of thiazole rings is 1. The number of likely N-dealkylation sites (tertiary alicyclic amines) is 1. The zero-order valence-corrected chi connectivity index (χ0v) is 14.3. The highest BCUT2D eigenvalue weighted by Gasteiger charge is 2.14. The molecule has 0 saturated carbocycles. The molecular formula is C17H20N2O4S. The Bertz CT molecular complexity index is 710. The lowest BCUT2D eigenvalue weighted by atomic mass is 10.2. The standard InChI is InChI=1S/C17H20N2O4S/c1-22-14-5-4-12(16-18-13(11-24-16)17(20)21)10-15(14)23-9-8-19-6-2-3-7-19/h4-5,10-11H,2-3,6-9H2,1H3,(H,20,21). The van der Waals surface area contributed by atoms with Gasteiger partial charge in [0.05, 0.1) is 7.11 Å². The van der Waals surface area contributed by atoms with Crippen LogP contribution in [-0.4, -0.2) is 54.3 Å². The summed E-state index contributed by atoms with van der Waals surface area (Å²) in [5.41, 5.74) is 0.881. The molecule has 7 heteroatoms. The number of hydrogen-bond acceptors (Lipinski definition) is 6. The van der Waals surface area contributed by atoms with E-state index < -0.39 is 5.97 Å². The van der Waals surface area contributed by atoms with Gasteiger partial charge in [-0.2, -0.15) is 0 Å². The second-order valence-corrected chi connectivity index (χ2v) is 6.46. The van der Waals surface area contributed by atoms with Gasteiger partial charge in [-0.05, 0) is 44.1 Å². The Balaban J connectivity index is 1.72. The Kier molecular flexibility index (Phi) is 5.32. The zero-order chi connectivity index (χ0) is 16.9. The lowest BCUT2D eigenvalue weighted by Gasteiger charge is -2.16. The minimum atomic E-state index is -1.02. The molecule has 128 valence electrons. The third-order valence-corrected chi connectivity index (χ3v) is 4.89. The van der Waals surface area contributed by atoms with E-state index in [1.807, 2.05) is 18.2 Å². The molecule has 0 atom stereocenters. The molecule has 1 fully saturated rings. The summed E-state index contributed by atoms with van der Waals surface area (Å²) in [7, 11) is 1.61. The van der Waals surface area contributed by atoms with Crippen LogP contribution in [0.15, 0.2) is 23.6 Å². The summed E-state index contributed by atoms with van der Waals surface area (Å²) < 4.78 is 11.3. The molecule has 2 aromatic rings.